The normalized spacial score (nSPS) is 18.7. The van der Waals surface area contributed by atoms with Crippen molar-refractivity contribution in [3.63, 3.8) is 0 Å². The van der Waals surface area contributed by atoms with E-state index in [1.807, 2.05) is 0 Å². The lowest BCUT2D eigenvalue weighted by Gasteiger charge is -2.21. The molecule has 3 rings (SSSR count). The monoisotopic (exact) mass is 372 g/mol. The number of carbonyl (C=O) groups is 2. The van der Waals surface area contributed by atoms with Crippen molar-refractivity contribution in [3.05, 3.63) is 34.4 Å². The fourth-order valence-corrected chi connectivity index (χ4v) is 3.53. The second kappa shape index (κ2) is 8.01. The molecule has 0 saturated heterocycles. The molecular weight excluding hydrogens is 340 g/mol. The molecule has 2 fully saturated rings. The summed E-state index contributed by atoms with van der Waals surface area (Å²) in [6.45, 7) is 9.11. The maximum absolute atomic E-state index is 12.6. The van der Waals surface area contributed by atoms with Crippen LogP contribution in [0.3, 0.4) is 0 Å². The van der Waals surface area contributed by atoms with E-state index in [1.165, 1.54) is 18.4 Å². The van der Waals surface area contributed by atoms with Gasteiger partial charge < -0.3 is 15.4 Å². The van der Waals surface area contributed by atoms with Gasteiger partial charge in [0.1, 0.15) is 6.10 Å². The van der Waals surface area contributed by atoms with Crippen LogP contribution in [0.4, 0.5) is 0 Å². The highest BCUT2D eigenvalue weighted by atomic mass is 16.5. The first kappa shape index (κ1) is 19.9. The van der Waals surface area contributed by atoms with Crippen molar-refractivity contribution in [2.24, 2.45) is 5.92 Å². The summed E-state index contributed by atoms with van der Waals surface area (Å²) in [7, 11) is 0. The van der Waals surface area contributed by atoms with Crippen molar-refractivity contribution >= 4 is 11.8 Å². The number of ether oxygens (including phenoxy) is 1. The molecule has 0 aromatic heterocycles. The molecule has 1 unspecified atom stereocenters. The molecule has 5 nitrogen and oxygen atoms in total. The zero-order chi connectivity index (χ0) is 19.6. The summed E-state index contributed by atoms with van der Waals surface area (Å²) in [5, 5.41) is 6.10. The molecule has 0 radical (unpaired) electrons. The molecule has 0 heterocycles. The van der Waals surface area contributed by atoms with E-state index < -0.39 is 6.10 Å². The highest BCUT2D eigenvalue weighted by Crippen LogP contribution is 2.35. The largest absolute Gasteiger partial charge is 0.368 e. The lowest BCUT2D eigenvalue weighted by atomic mass is 9.97. The summed E-state index contributed by atoms with van der Waals surface area (Å²) in [6.07, 6.45) is 4.18. The van der Waals surface area contributed by atoms with E-state index in [-0.39, 0.29) is 17.4 Å². The Kier molecular flexibility index (Phi) is 5.89. The molecule has 5 heteroatoms. The van der Waals surface area contributed by atoms with E-state index in [0.29, 0.717) is 25.5 Å². The summed E-state index contributed by atoms with van der Waals surface area (Å²) in [4.78, 5) is 24.8. The lowest BCUT2D eigenvalue weighted by Crippen LogP contribution is -2.48. The van der Waals surface area contributed by atoms with Crippen LogP contribution < -0.4 is 10.6 Å². The summed E-state index contributed by atoms with van der Waals surface area (Å²) >= 11 is 0. The van der Waals surface area contributed by atoms with Crippen LogP contribution in [0.25, 0.3) is 0 Å². The molecule has 2 aliphatic carbocycles. The highest BCUT2D eigenvalue weighted by molar-refractivity contribution is 5.82. The van der Waals surface area contributed by atoms with Crippen molar-refractivity contribution in [1.29, 1.82) is 0 Å². The van der Waals surface area contributed by atoms with Crippen LogP contribution in [0, 0.1) is 26.7 Å². The fourth-order valence-electron chi connectivity index (χ4n) is 3.53. The molecule has 1 atom stereocenters. The van der Waals surface area contributed by atoms with Crippen LogP contribution in [0.15, 0.2) is 12.1 Å². The third kappa shape index (κ3) is 5.55. The van der Waals surface area contributed by atoms with Crippen molar-refractivity contribution in [2.45, 2.75) is 71.4 Å². The Bertz CT molecular complexity index is 697. The van der Waals surface area contributed by atoms with Crippen LogP contribution in [0.1, 0.15) is 54.9 Å². The van der Waals surface area contributed by atoms with Crippen LogP contribution in [-0.4, -0.2) is 36.6 Å². The Morgan fingerprint density at radius 2 is 1.81 bits per heavy atom. The van der Waals surface area contributed by atoms with Gasteiger partial charge in [0.2, 0.25) is 11.8 Å². The smallest absolute Gasteiger partial charge is 0.248 e. The van der Waals surface area contributed by atoms with E-state index in [1.54, 1.807) is 6.92 Å². The molecule has 2 amide bonds. The third-order valence-corrected chi connectivity index (χ3v) is 5.68. The SMILES string of the molecule is Cc1cc(C)c(CC(=O)NC2(CNC(=O)C(C)OCC3CC3)CC2)c(C)c1. The maximum atomic E-state index is 12.6. The Labute approximate surface area is 162 Å². The predicted octanol–water partition coefficient (Wildman–Crippen LogP) is 2.73. The van der Waals surface area contributed by atoms with Crippen molar-refractivity contribution in [1.82, 2.24) is 10.6 Å². The molecule has 2 saturated carbocycles. The van der Waals surface area contributed by atoms with Gasteiger partial charge in [-0.3, -0.25) is 9.59 Å². The van der Waals surface area contributed by atoms with E-state index >= 15 is 0 Å². The molecule has 2 N–H and O–H groups in total. The fraction of sp³-hybridized carbons (Fsp3) is 0.636. The van der Waals surface area contributed by atoms with E-state index in [2.05, 4.69) is 43.5 Å². The molecular formula is C22H32N2O3. The lowest BCUT2D eigenvalue weighted by molar-refractivity contribution is -0.132. The summed E-state index contributed by atoms with van der Waals surface area (Å²) in [5.41, 5.74) is 4.34. The molecule has 0 bridgehead atoms. The zero-order valence-corrected chi connectivity index (χ0v) is 17.0. The van der Waals surface area contributed by atoms with Gasteiger partial charge in [0.05, 0.1) is 18.6 Å². The van der Waals surface area contributed by atoms with E-state index in [9.17, 15) is 9.59 Å². The Hall–Kier alpha value is -1.88. The number of benzene rings is 1. The van der Waals surface area contributed by atoms with Gasteiger partial charge in [-0.2, -0.15) is 0 Å². The first-order valence-electron chi connectivity index (χ1n) is 10.0. The highest BCUT2D eigenvalue weighted by Gasteiger charge is 2.44. The summed E-state index contributed by atoms with van der Waals surface area (Å²) in [6, 6.07) is 4.23. The zero-order valence-electron chi connectivity index (χ0n) is 17.0. The first-order valence-corrected chi connectivity index (χ1v) is 10.0. The summed E-state index contributed by atoms with van der Waals surface area (Å²) in [5.74, 6) is 0.569. The molecule has 27 heavy (non-hydrogen) atoms. The van der Waals surface area contributed by atoms with Crippen LogP contribution in [0.2, 0.25) is 0 Å². The van der Waals surface area contributed by atoms with Gasteiger partial charge in [-0.05, 0) is 76.0 Å². The number of amides is 2. The van der Waals surface area contributed by atoms with Gasteiger partial charge >= 0.3 is 0 Å². The molecule has 0 spiro atoms. The maximum Gasteiger partial charge on any atom is 0.248 e. The van der Waals surface area contributed by atoms with E-state index in [0.717, 1.165) is 29.5 Å². The van der Waals surface area contributed by atoms with Gasteiger partial charge in [0.25, 0.3) is 0 Å². The first-order chi connectivity index (χ1) is 12.8. The average molecular weight is 373 g/mol. The molecule has 1 aromatic rings. The Morgan fingerprint density at radius 1 is 1.19 bits per heavy atom. The molecule has 1 aromatic carbocycles. The molecule has 2 aliphatic rings. The summed E-state index contributed by atoms with van der Waals surface area (Å²) < 4.78 is 5.61. The standard InChI is InChI=1S/C22H32N2O3/c1-14-9-15(2)19(16(3)10-14)11-20(25)24-22(7-8-22)13-23-21(26)17(4)27-12-18-5-6-18/h9-10,17-18H,5-8,11-13H2,1-4H3,(H,23,26)(H,24,25). The van der Waals surface area contributed by atoms with Crippen LogP contribution >= 0.6 is 0 Å². The van der Waals surface area contributed by atoms with Crippen molar-refractivity contribution in [3.8, 4) is 0 Å². The topological polar surface area (TPSA) is 67.4 Å². The number of nitrogens with one attached hydrogen (secondary N) is 2. The van der Waals surface area contributed by atoms with Crippen LogP contribution in [-0.2, 0) is 20.7 Å². The Morgan fingerprint density at radius 3 is 2.37 bits per heavy atom. The van der Waals surface area contributed by atoms with Crippen molar-refractivity contribution < 1.29 is 14.3 Å². The average Bonchev–Trinajstić information content (AvgIpc) is 3.50. The molecule has 0 aliphatic heterocycles. The quantitative estimate of drug-likeness (QED) is 0.700. The minimum Gasteiger partial charge on any atom is -0.368 e. The Balaban J connectivity index is 1.46. The minimum atomic E-state index is -0.435. The number of rotatable bonds is 9. The van der Waals surface area contributed by atoms with E-state index in [4.69, 9.17) is 4.74 Å². The predicted molar refractivity (Wildman–Crippen MR) is 106 cm³/mol. The van der Waals surface area contributed by atoms with Gasteiger partial charge in [0.15, 0.2) is 0 Å². The number of hydrogen-bond donors (Lipinski definition) is 2. The van der Waals surface area contributed by atoms with Gasteiger partial charge in [-0.25, -0.2) is 0 Å². The van der Waals surface area contributed by atoms with Gasteiger partial charge in [-0.15, -0.1) is 0 Å². The van der Waals surface area contributed by atoms with Crippen molar-refractivity contribution in [2.75, 3.05) is 13.2 Å². The second-order valence-corrected chi connectivity index (χ2v) is 8.52. The second-order valence-electron chi connectivity index (χ2n) is 8.52. The van der Waals surface area contributed by atoms with Crippen LogP contribution in [0.5, 0.6) is 0 Å². The van der Waals surface area contributed by atoms with Gasteiger partial charge in [0, 0.05) is 6.54 Å². The third-order valence-electron chi connectivity index (χ3n) is 5.68. The van der Waals surface area contributed by atoms with Gasteiger partial charge in [-0.1, -0.05) is 17.7 Å². The minimum absolute atomic E-state index is 0.0230. The molecule has 148 valence electrons. The number of hydrogen-bond acceptors (Lipinski definition) is 3. The number of carbonyl (C=O) groups excluding carboxylic acids is 2. The number of aryl methyl sites for hydroxylation is 3.